The number of methoxy groups -OCH3 is 1. The zero-order chi connectivity index (χ0) is 15.9. The van der Waals surface area contributed by atoms with E-state index < -0.39 is 5.91 Å². The third-order valence-electron chi connectivity index (χ3n) is 2.57. The van der Waals surface area contributed by atoms with Gasteiger partial charge in [-0.25, -0.2) is 4.63 Å². The maximum Gasteiger partial charge on any atom is 0.249 e. The molecule has 2 rings (SSSR count). The summed E-state index contributed by atoms with van der Waals surface area (Å²) in [5, 5.41) is 11.8. The average molecular weight is 302 g/mol. The molecule has 2 amide bonds. The van der Waals surface area contributed by atoms with E-state index >= 15 is 0 Å². The number of rotatable bonds is 5. The van der Waals surface area contributed by atoms with Crippen LogP contribution < -0.4 is 15.4 Å². The SMILES string of the molecule is COc1ccc(/C=C/C(=O)Nc2nonc2NC(C)=O)cc1. The first kappa shape index (κ1) is 15.2. The molecule has 0 radical (unpaired) electrons. The highest BCUT2D eigenvalue weighted by molar-refractivity contribution is 6.03. The number of benzene rings is 1. The highest BCUT2D eigenvalue weighted by atomic mass is 16.6. The van der Waals surface area contributed by atoms with Crippen molar-refractivity contribution in [2.75, 3.05) is 17.7 Å². The lowest BCUT2D eigenvalue weighted by molar-refractivity contribution is -0.114. The van der Waals surface area contributed by atoms with Crippen LogP contribution in [0.3, 0.4) is 0 Å². The molecule has 1 aromatic heterocycles. The number of amides is 2. The molecule has 0 saturated heterocycles. The van der Waals surface area contributed by atoms with Crippen molar-refractivity contribution >= 4 is 29.5 Å². The van der Waals surface area contributed by atoms with Crippen molar-refractivity contribution in [2.45, 2.75) is 6.92 Å². The van der Waals surface area contributed by atoms with Gasteiger partial charge in [0.25, 0.3) is 0 Å². The number of anilines is 2. The summed E-state index contributed by atoms with van der Waals surface area (Å²) in [5.41, 5.74) is 0.830. The fourth-order valence-electron chi connectivity index (χ4n) is 1.56. The van der Waals surface area contributed by atoms with Gasteiger partial charge < -0.3 is 15.4 Å². The van der Waals surface area contributed by atoms with E-state index in [1.165, 1.54) is 13.0 Å². The predicted octanol–water partition coefficient (Wildman–Crippen LogP) is 1.69. The van der Waals surface area contributed by atoms with Crippen molar-refractivity contribution in [3.63, 3.8) is 0 Å². The molecule has 0 bridgehead atoms. The maximum absolute atomic E-state index is 11.8. The standard InChI is InChI=1S/C14H14N4O4/c1-9(19)15-13-14(18-22-17-13)16-12(20)8-5-10-3-6-11(21-2)7-4-10/h3-8H,1-2H3,(H,15,17,19)(H,16,18,20)/b8-5+. The van der Waals surface area contributed by atoms with E-state index in [0.29, 0.717) is 0 Å². The molecular formula is C14H14N4O4. The lowest BCUT2D eigenvalue weighted by Crippen LogP contribution is -2.12. The summed E-state index contributed by atoms with van der Waals surface area (Å²) < 4.78 is 9.51. The molecule has 0 unspecified atom stereocenters. The van der Waals surface area contributed by atoms with Crippen LogP contribution in [0.15, 0.2) is 35.0 Å². The fraction of sp³-hybridized carbons (Fsp3) is 0.143. The lowest BCUT2D eigenvalue weighted by Gasteiger charge is -2.00. The molecule has 0 saturated carbocycles. The van der Waals surface area contributed by atoms with E-state index in [2.05, 4.69) is 25.6 Å². The second kappa shape index (κ2) is 7.02. The number of ether oxygens (including phenoxy) is 1. The van der Waals surface area contributed by atoms with Gasteiger partial charge in [0.05, 0.1) is 7.11 Å². The van der Waals surface area contributed by atoms with Crippen molar-refractivity contribution in [3.8, 4) is 5.75 Å². The van der Waals surface area contributed by atoms with Crippen molar-refractivity contribution in [1.82, 2.24) is 10.3 Å². The minimum absolute atomic E-state index is 0.0413. The Morgan fingerprint density at radius 2 is 1.77 bits per heavy atom. The molecule has 8 heteroatoms. The smallest absolute Gasteiger partial charge is 0.249 e. The van der Waals surface area contributed by atoms with E-state index in [1.807, 2.05) is 12.1 Å². The van der Waals surface area contributed by atoms with Crippen LogP contribution in [0.4, 0.5) is 11.6 Å². The van der Waals surface area contributed by atoms with Gasteiger partial charge in [-0.1, -0.05) is 12.1 Å². The van der Waals surface area contributed by atoms with Gasteiger partial charge in [-0.15, -0.1) is 0 Å². The zero-order valence-corrected chi connectivity index (χ0v) is 12.0. The molecule has 2 N–H and O–H groups in total. The number of hydrogen-bond acceptors (Lipinski definition) is 6. The highest BCUT2D eigenvalue weighted by Crippen LogP contribution is 2.16. The number of aromatic nitrogens is 2. The quantitative estimate of drug-likeness (QED) is 0.814. The zero-order valence-electron chi connectivity index (χ0n) is 12.0. The molecular weight excluding hydrogens is 288 g/mol. The molecule has 0 spiro atoms. The van der Waals surface area contributed by atoms with Gasteiger partial charge in [0.15, 0.2) is 0 Å². The monoisotopic (exact) mass is 302 g/mol. The van der Waals surface area contributed by atoms with E-state index in [4.69, 9.17) is 4.74 Å². The molecule has 8 nitrogen and oxygen atoms in total. The van der Waals surface area contributed by atoms with Crippen LogP contribution in [0.25, 0.3) is 6.08 Å². The van der Waals surface area contributed by atoms with Crippen molar-refractivity contribution in [1.29, 1.82) is 0 Å². The number of carbonyl (C=O) groups is 2. The summed E-state index contributed by atoms with van der Waals surface area (Å²) in [6.07, 6.45) is 2.95. The van der Waals surface area contributed by atoms with Crippen LogP contribution >= 0.6 is 0 Å². The summed E-state index contributed by atoms with van der Waals surface area (Å²) >= 11 is 0. The Morgan fingerprint density at radius 1 is 1.14 bits per heavy atom. The molecule has 1 heterocycles. The molecule has 114 valence electrons. The van der Waals surface area contributed by atoms with Crippen molar-refractivity contribution in [3.05, 3.63) is 35.9 Å². The molecule has 0 fully saturated rings. The van der Waals surface area contributed by atoms with E-state index in [0.717, 1.165) is 11.3 Å². The van der Waals surface area contributed by atoms with E-state index in [1.54, 1.807) is 25.3 Å². The minimum Gasteiger partial charge on any atom is -0.497 e. The summed E-state index contributed by atoms with van der Waals surface area (Å²) in [7, 11) is 1.58. The Morgan fingerprint density at radius 3 is 2.36 bits per heavy atom. The second-order valence-electron chi connectivity index (χ2n) is 4.24. The molecule has 22 heavy (non-hydrogen) atoms. The Kier molecular flexibility index (Phi) is 4.86. The molecule has 0 atom stereocenters. The topological polar surface area (TPSA) is 106 Å². The van der Waals surface area contributed by atoms with Gasteiger partial charge in [-0.05, 0) is 34.1 Å². The average Bonchev–Trinajstić information content (AvgIpc) is 2.92. The summed E-state index contributed by atoms with van der Waals surface area (Å²) in [6, 6.07) is 7.19. The van der Waals surface area contributed by atoms with Gasteiger partial charge in [0.2, 0.25) is 23.5 Å². The normalized spacial score (nSPS) is 10.5. The number of nitrogens with one attached hydrogen (secondary N) is 2. The van der Waals surface area contributed by atoms with Gasteiger partial charge >= 0.3 is 0 Å². The molecule has 1 aromatic carbocycles. The first-order valence-corrected chi connectivity index (χ1v) is 6.32. The van der Waals surface area contributed by atoms with Crippen molar-refractivity contribution < 1.29 is 19.0 Å². The van der Waals surface area contributed by atoms with Gasteiger partial charge in [0, 0.05) is 13.0 Å². The van der Waals surface area contributed by atoms with Crippen LogP contribution in [0.2, 0.25) is 0 Å². The second-order valence-corrected chi connectivity index (χ2v) is 4.24. The fourth-order valence-corrected chi connectivity index (χ4v) is 1.56. The third kappa shape index (κ3) is 4.17. The minimum atomic E-state index is -0.432. The summed E-state index contributed by atoms with van der Waals surface area (Å²) in [6.45, 7) is 1.31. The largest absolute Gasteiger partial charge is 0.497 e. The van der Waals surface area contributed by atoms with Gasteiger partial charge in [0.1, 0.15) is 5.75 Å². The third-order valence-corrected chi connectivity index (χ3v) is 2.57. The summed E-state index contributed by atoms with van der Waals surface area (Å²) in [4.78, 5) is 22.8. The highest BCUT2D eigenvalue weighted by Gasteiger charge is 2.12. The molecule has 0 aliphatic rings. The molecule has 0 aliphatic heterocycles. The number of hydrogen-bond donors (Lipinski definition) is 2. The van der Waals surface area contributed by atoms with Crippen LogP contribution in [-0.4, -0.2) is 29.2 Å². The van der Waals surface area contributed by atoms with Crippen LogP contribution in [0.5, 0.6) is 5.75 Å². The predicted molar refractivity (Wildman–Crippen MR) is 79.3 cm³/mol. The molecule has 0 aliphatic carbocycles. The Labute approximate surface area is 126 Å². The number of nitrogens with zero attached hydrogens (tertiary/aromatic N) is 2. The first-order valence-electron chi connectivity index (χ1n) is 6.32. The molecule has 2 aromatic rings. The van der Waals surface area contributed by atoms with Crippen LogP contribution in [-0.2, 0) is 9.59 Å². The van der Waals surface area contributed by atoms with Gasteiger partial charge in [-0.2, -0.15) is 0 Å². The number of carbonyl (C=O) groups excluding carboxylic acids is 2. The first-order chi connectivity index (χ1) is 10.6. The Bertz CT molecular complexity index is 691. The van der Waals surface area contributed by atoms with Gasteiger partial charge in [-0.3, -0.25) is 9.59 Å². The van der Waals surface area contributed by atoms with Crippen molar-refractivity contribution in [2.24, 2.45) is 0 Å². The van der Waals surface area contributed by atoms with E-state index in [9.17, 15) is 9.59 Å². The summed E-state index contributed by atoms with van der Waals surface area (Å²) in [5.74, 6) is 0.0478. The lowest BCUT2D eigenvalue weighted by atomic mass is 10.2. The van der Waals surface area contributed by atoms with E-state index in [-0.39, 0.29) is 17.5 Å². The van der Waals surface area contributed by atoms with Crippen LogP contribution in [0, 0.1) is 0 Å². The maximum atomic E-state index is 11.8. The van der Waals surface area contributed by atoms with Crippen LogP contribution in [0.1, 0.15) is 12.5 Å². The Hall–Kier alpha value is -3.16. The Balaban J connectivity index is 1.98.